The highest BCUT2D eigenvalue weighted by atomic mass is 16.5. The van der Waals surface area contributed by atoms with Crippen LogP contribution in [0.1, 0.15) is 48.3 Å². The number of anilines is 2. The second-order valence-electron chi connectivity index (χ2n) is 10.9. The number of benzene rings is 2. The zero-order chi connectivity index (χ0) is 29.4. The molecule has 0 aliphatic carbocycles. The first-order valence-electron chi connectivity index (χ1n) is 14.1. The Labute approximate surface area is 241 Å². The van der Waals surface area contributed by atoms with Crippen LogP contribution >= 0.6 is 0 Å². The van der Waals surface area contributed by atoms with Gasteiger partial charge in [0.05, 0.1) is 48.6 Å². The molecule has 220 valence electrons. The van der Waals surface area contributed by atoms with Gasteiger partial charge in [-0.1, -0.05) is 36.4 Å². The molecular formula is C30H41N7O4. The van der Waals surface area contributed by atoms with Gasteiger partial charge in [0.1, 0.15) is 0 Å². The van der Waals surface area contributed by atoms with Gasteiger partial charge in [0, 0.05) is 44.1 Å². The molecule has 0 saturated heterocycles. The van der Waals surface area contributed by atoms with Crippen LogP contribution in [0.4, 0.5) is 11.4 Å². The van der Waals surface area contributed by atoms with E-state index in [-0.39, 0.29) is 36.5 Å². The van der Waals surface area contributed by atoms with Crippen LogP contribution in [0.2, 0.25) is 0 Å². The third-order valence-corrected chi connectivity index (χ3v) is 7.51. The minimum absolute atomic E-state index is 0.00986. The van der Waals surface area contributed by atoms with E-state index in [1.54, 1.807) is 40.0 Å². The minimum atomic E-state index is -0.276. The van der Waals surface area contributed by atoms with Gasteiger partial charge < -0.3 is 25.8 Å². The number of aliphatic hydroxyl groups excluding tert-OH is 1. The first kappa shape index (κ1) is 30.2. The van der Waals surface area contributed by atoms with Crippen molar-refractivity contribution in [1.82, 2.24) is 24.8 Å². The van der Waals surface area contributed by atoms with Gasteiger partial charge in [-0.15, -0.1) is 5.10 Å². The molecule has 4 rings (SSSR count). The van der Waals surface area contributed by atoms with Crippen molar-refractivity contribution in [3.05, 3.63) is 71.5 Å². The summed E-state index contributed by atoms with van der Waals surface area (Å²) >= 11 is 0. The lowest BCUT2D eigenvalue weighted by Gasteiger charge is -2.35. The summed E-state index contributed by atoms with van der Waals surface area (Å²) in [6.45, 7) is 6.57. The molecule has 11 heteroatoms. The van der Waals surface area contributed by atoms with Gasteiger partial charge in [0.25, 0.3) is 5.91 Å². The molecule has 0 fully saturated rings. The van der Waals surface area contributed by atoms with Crippen LogP contribution < -0.4 is 11.1 Å². The van der Waals surface area contributed by atoms with Gasteiger partial charge in [0.2, 0.25) is 5.91 Å². The molecule has 1 aliphatic heterocycles. The maximum Gasteiger partial charge on any atom is 0.255 e. The number of amides is 2. The maximum atomic E-state index is 13.1. The van der Waals surface area contributed by atoms with Crippen molar-refractivity contribution in [1.29, 1.82) is 0 Å². The average molecular weight is 564 g/mol. The van der Waals surface area contributed by atoms with Crippen LogP contribution in [0, 0.1) is 5.92 Å². The molecule has 3 atom stereocenters. The van der Waals surface area contributed by atoms with Gasteiger partial charge in [0.15, 0.2) is 0 Å². The number of likely N-dealkylation sites (N-methyl/N-ethyl adjacent to an activating group) is 1. The highest BCUT2D eigenvalue weighted by Crippen LogP contribution is 2.20. The zero-order valence-electron chi connectivity index (χ0n) is 24.1. The van der Waals surface area contributed by atoms with Crippen LogP contribution in [0.25, 0.3) is 0 Å². The largest absolute Gasteiger partial charge is 0.397 e. The standard InChI is InChI=1S/C30H41N7O4/c1-21-16-36(22(2)19-38)29(39)9-6-14-37-25(15-32-34-37)20-41-28(21)18-35(3)17-23-10-12-24(13-11-23)30(40)33-27-8-5-4-7-26(27)31/h4-5,7-8,10-13,15,21-22,28,38H,6,9,14,16-20,31H2,1-3H3,(H,33,40)/t21-,22-,28+/m1/s1. The number of aliphatic hydroxyl groups is 1. The number of rotatable bonds is 8. The number of nitrogens with zero attached hydrogens (tertiary/aromatic N) is 5. The number of para-hydroxylation sites is 2. The summed E-state index contributed by atoms with van der Waals surface area (Å²) in [5.41, 5.74) is 9.52. The van der Waals surface area contributed by atoms with Crippen molar-refractivity contribution >= 4 is 23.2 Å². The first-order valence-corrected chi connectivity index (χ1v) is 14.1. The smallest absolute Gasteiger partial charge is 0.255 e. The number of fused-ring (bicyclic) bond motifs is 1. The summed E-state index contributed by atoms with van der Waals surface area (Å²) in [4.78, 5) is 29.7. The molecule has 41 heavy (non-hydrogen) atoms. The molecular weight excluding hydrogens is 522 g/mol. The topological polar surface area (TPSA) is 139 Å². The number of ether oxygens (including phenoxy) is 1. The maximum absolute atomic E-state index is 13.1. The molecule has 1 aliphatic rings. The molecule has 11 nitrogen and oxygen atoms in total. The van der Waals surface area contributed by atoms with Gasteiger partial charge >= 0.3 is 0 Å². The third kappa shape index (κ3) is 8.12. The lowest BCUT2D eigenvalue weighted by Crippen LogP contribution is -2.47. The van der Waals surface area contributed by atoms with E-state index >= 15 is 0 Å². The van der Waals surface area contributed by atoms with Crippen molar-refractivity contribution in [3.8, 4) is 0 Å². The fourth-order valence-electron chi connectivity index (χ4n) is 5.00. The molecule has 0 bridgehead atoms. The molecule has 0 unspecified atom stereocenters. The summed E-state index contributed by atoms with van der Waals surface area (Å²) in [5, 5.41) is 20.9. The average Bonchev–Trinajstić information content (AvgIpc) is 3.41. The Kier molecular flexibility index (Phi) is 10.4. The summed E-state index contributed by atoms with van der Waals surface area (Å²) < 4.78 is 8.22. The van der Waals surface area contributed by atoms with E-state index in [1.807, 2.05) is 38.2 Å². The molecule has 2 heterocycles. The van der Waals surface area contributed by atoms with Gasteiger partial charge in [-0.2, -0.15) is 0 Å². The fourth-order valence-corrected chi connectivity index (χ4v) is 5.00. The van der Waals surface area contributed by atoms with E-state index in [1.165, 1.54) is 0 Å². The SMILES string of the molecule is C[C@@H]1CN([C@H](C)CO)C(=O)CCCn2nncc2CO[C@H]1CN(C)Cc1ccc(C(=O)Nc2ccccc2N)cc1. The summed E-state index contributed by atoms with van der Waals surface area (Å²) in [5.74, 6) is -0.189. The Balaban J connectivity index is 1.42. The van der Waals surface area contributed by atoms with Crippen molar-refractivity contribution in [3.63, 3.8) is 0 Å². The molecule has 0 saturated carbocycles. The van der Waals surface area contributed by atoms with Gasteiger partial charge in [-0.05, 0) is 50.2 Å². The van der Waals surface area contributed by atoms with Crippen LogP contribution in [-0.2, 0) is 29.2 Å². The van der Waals surface area contributed by atoms with Crippen molar-refractivity contribution < 1.29 is 19.4 Å². The second-order valence-corrected chi connectivity index (χ2v) is 10.9. The summed E-state index contributed by atoms with van der Waals surface area (Å²) in [6.07, 6.45) is 2.55. The third-order valence-electron chi connectivity index (χ3n) is 7.51. The number of nitrogens with one attached hydrogen (secondary N) is 1. The monoisotopic (exact) mass is 563 g/mol. The van der Waals surface area contributed by atoms with E-state index in [4.69, 9.17) is 10.5 Å². The lowest BCUT2D eigenvalue weighted by atomic mass is 10.0. The fraction of sp³-hybridized carbons (Fsp3) is 0.467. The van der Waals surface area contributed by atoms with Gasteiger partial charge in [-0.25, -0.2) is 4.68 Å². The summed E-state index contributed by atoms with van der Waals surface area (Å²) in [6, 6.07) is 14.4. The predicted molar refractivity (Wildman–Crippen MR) is 157 cm³/mol. The normalized spacial score (nSPS) is 19.2. The molecule has 3 aromatic rings. The molecule has 2 amide bonds. The van der Waals surface area contributed by atoms with Crippen molar-refractivity contribution in [2.75, 3.05) is 37.8 Å². The predicted octanol–water partition coefficient (Wildman–Crippen LogP) is 2.77. The number of aryl methyl sites for hydroxylation is 1. The van der Waals surface area contributed by atoms with E-state index < -0.39 is 0 Å². The second kappa shape index (κ2) is 14.2. The minimum Gasteiger partial charge on any atom is -0.397 e. The molecule has 2 aromatic carbocycles. The molecule has 0 spiro atoms. The number of hydrogen-bond acceptors (Lipinski definition) is 8. The molecule has 1 aromatic heterocycles. The van der Waals surface area contributed by atoms with Crippen LogP contribution in [0.15, 0.2) is 54.7 Å². The van der Waals surface area contributed by atoms with E-state index in [0.29, 0.717) is 62.6 Å². The van der Waals surface area contributed by atoms with Gasteiger partial charge in [-0.3, -0.25) is 14.5 Å². The number of nitrogens with two attached hydrogens (primary N) is 1. The van der Waals surface area contributed by atoms with E-state index in [2.05, 4.69) is 27.5 Å². The Morgan fingerprint density at radius 2 is 2.00 bits per heavy atom. The van der Waals surface area contributed by atoms with E-state index in [9.17, 15) is 14.7 Å². The molecule has 4 N–H and O–H groups in total. The number of nitrogen functional groups attached to an aromatic ring is 1. The Morgan fingerprint density at radius 3 is 2.73 bits per heavy atom. The summed E-state index contributed by atoms with van der Waals surface area (Å²) in [7, 11) is 2.02. The highest BCUT2D eigenvalue weighted by molar-refractivity contribution is 6.05. The quantitative estimate of drug-likeness (QED) is 0.356. The highest BCUT2D eigenvalue weighted by Gasteiger charge is 2.28. The lowest BCUT2D eigenvalue weighted by molar-refractivity contribution is -0.136. The van der Waals surface area contributed by atoms with Crippen LogP contribution in [0.3, 0.4) is 0 Å². The Morgan fingerprint density at radius 1 is 1.24 bits per heavy atom. The van der Waals surface area contributed by atoms with E-state index in [0.717, 1.165) is 11.3 Å². The Hall–Kier alpha value is -3.80. The zero-order valence-corrected chi connectivity index (χ0v) is 24.1. The van der Waals surface area contributed by atoms with Crippen LogP contribution in [0.5, 0.6) is 0 Å². The first-order chi connectivity index (χ1) is 19.7. The van der Waals surface area contributed by atoms with Crippen LogP contribution in [-0.4, -0.2) is 80.6 Å². The van der Waals surface area contributed by atoms with Crippen molar-refractivity contribution in [2.45, 2.75) is 58.5 Å². The number of hydrogen-bond donors (Lipinski definition) is 3. The Bertz CT molecular complexity index is 1300. The number of aromatic nitrogens is 3. The van der Waals surface area contributed by atoms with Crippen molar-refractivity contribution in [2.24, 2.45) is 5.92 Å². The number of carbonyl (C=O) groups excluding carboxylic acids is 2. The molecule has 0 radical (unpaired) electrons. The number of carbonyl (C=O) groups is 2.